The third-order valence-electron chi connectivity index (χ3n) is 4.32. The molecule has 0 bridgehead atoms. The first-order chi connectivity index (χ1) is 9.01. The summed E-state index contributed by atoms with van der Waals surface area (Å²) >= 11 is 0. The molecule has 5 heteroatoms. The zero-order valence-electron chi connectivity index (χ0n) is 10.5. The van der Waals surface area contributed by atoms with E-state index < -0.39 is 23.2 Å². The van der Waals surface area contributed by atoms with Crippen molar-refractivity contribution in [1.82, 2.24) is 0 Å². The number of hydrogen-bond donors (Lipinski definition) is 1. The van der Waals surface area contributed by atoms with Crippen molar-refractivity contribution in [2.24, 2.45) is 5.41 Å². The highest BCUT2D eigenvalue weighted by Crippen LogP contribution is 2.47. The van der Waals surface area contributed by atoms with Crippen LogP contribution in [0.4, 0.5) is 14.5 Å². The van der Waals surface area contributed by atoms with E-state index in [2.05, 4.69) is 0 Å². The van der Waals surface area contributed by atoms with Crippen LogP contribution in [0, 0.1) is 17.0 Å². The molecule has 2 fully saturated rings. The monoisotopic (exact) mass is 267 g/mol. The van der Waals surface area contributed by atoms with E-state index >= 15 is 0 Å². The average molecular weight is 267 g/mol. The summed E-state index contributed by atoms with van der Waals surface area (Å²) in [6.07, 6.45) is 4.83. The van der Waals surface area contributed by atoms with Crippen molar-refractivity contribution in [3.63, 3.8) is 0 Å². The van der Waals surface area contributed by atoms with E-state index in [1.807, 2.05) is 4.90 Å². The summed E-state index contributed by atoms with van der Waals surface area (Å²) in [5, 5.41) is 8.72. The lowest BCUT2D eigenvalue weighted by atomic mass is 9.78. The van der Waals surface area contributed by atoms with Gasteiger partial charge in [-0.15, -0.1) is 0 Å². The standard InChI is InChI=1S/C14H15F2NO2/c15-10-5-9(6-11(16)12(10)13(18)19)17-7-14(8-17)3-1-2-4-14/h5-6H,1-4,7-8H2,(H,18,19). The molecule has 1 N–H and O–H groups in total. The first-order valence-electron chi connectivity index (χ1n) is 6.48. The highest BCUT2D eigenvalue weighted by molar-refractivity contribution is 5.88. The minimum Gasteiger partial charge on any atom is -0.477 e. The van der Waals surface area contributed by atoms with Crippen molar-refractivity contribution in [3.8, 4) is 0 Å². The first kappa shape index (κ1) is 12.4. The Morgan fingerprint density at radius 2 is 1.68 bits per heavy atom. The van der Waals surface area contributed by atoms with E-state index in [9.17, 15) is 13.6 Å². The van der Waals surface area contributed by atoms with Crippen LogP contribution >= 0.6 is 0 Å². The fourth-order valence-electron chi connectivity index (χ4n) is 3.33. The van der Waals surface area contributed by atoms with Gasteiger partial charge in [0.25, 0.3) is 0 Å². The van der Waals surface area contributed by atoms with E-state index in [0.29, 0.717) is 11.1 Å². The summed E-state index contributed by atoms with van der Waals surface area (Å²) in [6, 6.07) is 2.24. The van der Waals surface area contributed by atoms with Crippen LogP contribution in [0.15, 0.2) is 12.1 Å². The zero-order chi connectivity index (χ0) is 13.6. The van der Waals surface area contributed by atoms with E-state index in [4.69, 9.17) is 5.11 Å². The molecule has 3 rings (SSSR count). The third-order valence-corrected chi connectivity index (χ3v) is 4.32. The van der Waals surface area contributed by atoms with Crippen molar-refractivity contribution in [3.05, 3.63) is 29.3 Å². The lowest BCUT2D eigenvalue weighted by Crippen LogP contribution is -2.55. The number of nitrogens with zero attached hydrogens (tertiary/aromatic N) is 1. The van der Waals surface area contributed by atoms with Crippen LogP contribution in [0.3, 0.4) is 0 Å². The highest BCUT2D eigenvalue weighted by Gasteiger charge is 2.44. The van der Waals surface area contributed by atoms with Crippen LogP contribution < -0.4 is 4.90 Å². The fourth-order valence-corrected chi connectivity index (χ4v) is 3.33. The maximum absolute atomic E-state index is 13.6. The molecule has 1 saturated heterocycles. The Labute approximate surface area is 109 Å². The summed E-state index contributed by atoms with van der Waals surface area (Å²) in [5.74, 6) is -3.58. The highest BCUT2D eigenvalue weighted by atomic mass is 19.1. The molecule has 1 aliphatic heterocycles. The van der Waals surface area contributed by atoms with Crippen molar-refractivity contribution >= 4 is 11.7 Å². The summed E-state index contributed by atoms with van der Waals surface area (Å²) in [7, 11) is 0. The van der Waals surface area contributed by atoms with E-state index in [0.717, 1.165) is 25.2 Å². The number of rotatable bonds is 2. The molecular weight excluding hydrogens is 252 g/mol. The molecule has 1 aliphatic carbocycles. The molecule has 102 valence electrons. The van der Waals surface area contributed by atoms with Crippen LogP contribution in [-0.2, 0) is 0 Å². The average Bonchev–Trinajstić information content (AvgIpc) is 2.74. The second-order valence-electron chi connectivity index (χ2n) is 5.65. The van der Waals surface area contributed by atoms with Crippen molar-refractivity contribution in [2.75, 3.05) is 18.0 Å². The van der Waals surface area contributed by atoms with Gasteiger partial charge in [-0.25, -0.2) is 13.6 Å². The first-order valence-corrected chi connectivity index (χ1v) is 6.48. The number of carboxylic acids is 1. The Balaban J connectivity index is 1.82. The Kier molecular flexibility index (Phi) is 2.73. The summed E-state index contributed by atoms with van der Waals surface area (Å²) in [5.41, 5.74) is -0.101. The van der Waals surface area contributed by atoms with Crippen LogP contribution in [-0.4, -0.2) is 24.2 Å². The predicted molar refractivity (Wildman–Crippen MR) is 66.4 cm³/mol. The van der Waals surface area contributed by atoms with Gasteiger partial charge in [0.05, 0.1) is 0 Å². The quantitative estimate of drug-likeness (QED) is 0.895. The van der Waals surface area contributed by atoms with E-state index in [1.54, 1.807) is 0 Å². The van der Waals surface area contributed by atoms with Crippen molar-refractivity contribution in [2.45, 2.75) is 25.7 Å². The zero-order valence-corrected chi connectivity index (χ0v) is 10.5. The molecule has 1 aromatic rings. The van der Waals surface area contributed by atoms with Gasteiger partial charge < -0.3 is 10.0 Å². The van der Waals surface area contributed by atoms with E-state index in [1.165, 1.54) is 25.7 Å². The molecule has 1 spiro atoms. The van der Waals surface area contributed by atoms with Gasteiger partial charge in [-0.3, -0.25) is 0 Å². The van der Waals surface area contributed by atoms with Crippen molar-refractivity contribution in [1.29, 1.82) is 0 Å². The van der Waals surface area contributed by atoms with Gasteiger partial charge >= 0.3 is 5.97 Å². The number of hydrogen-bond acceptors (Lipinski definition) is 2. The second kappa shape index (κ2) is 4.18. The number of aromatic carboxylic acids is 1. The number of halogens is 2. The largest absolute Gasteiger partial charge is 0.477 e. The van der Waals surface area contributed by atoms with E-state index in [-0.39, 0.29) is 0 Å². The molecule has 1 aromatic carbocycles. The molecule has 3 nitrogen and oxygen atoms in total. The molecule has 0 amide bonds. The molecule has 19 heavy (non-hydrogen) atoms. The summed E-state index contributed by atoms with van der Waals surface area (Å²) in [4.78, 5) is 12.6. The van der Waals surface area contributed by atoms with Gasteiger partial charge in [0.2, 0.25) is 0 Å². The third kappa shape index (κ3) is 1.97. The molecule has 1 saturated carbocycles. The van der Waals surface area contributed by atoms with Crippen LogP contribution in [0.1, 0.15) is 36.0 Å². The SMILES string of the molecule is O=C(O)c1c(F)cc(N2CC3(CCCC3)C2)cc1F. The van der Waals surface area contributed by atoms with Crippen LogP contribution in [0.5, 0.6) is 0 Å². The second-order valence-corrected chi connectivity index (χ2v) is 5.65. The maximum Gasteiger partial charge on any atom is 0.341 e. The lowest BCUT2D eigenvalue weighted by molar-refractivity contribution is 0.0686. The molecule has 0 aromatic heterocycles. The molecule has 2 aliphatic rings. The Bertz CT molecular complexity index is 507. The minimum atomic E-state index is -1.57. The van der Waals surface area contributed by atoms with Crippen LogP contribution in [0.2, 0.25) is 0 Å². The van der Waals surface area contributed by atoms with Crippen molar-refractivity contribution < 1.29 is 18.7 Å². The number of carboxylic acid groups (broad SMARTS) is 1. The minimum absolute atomic E-state index is 0.332. The van der Waals surface area contributed by atoms with Gasteiger partial charge in [-0.05, 0) is 25.0 Å². The molecule has 0 unspecified atom stereocenters. The molecule has 0 atom stereocenters. The van der Waals surface area contributed by atoms with Gasteiger partial charge in [0.1, 0.15) is 17.2 Å². The molecular formula is C14H15F2NO2. The Hall–Kier alpha value is -1.65. The maximum atomic E-state index is 13.6. The Morgan fingerprint density at radius 1 is 1.16 bits per heavy atom. The smallest absolute Gasteiger partial charge is 0.341 e. The molecule has 0 radical (unpaired) electrons. The van der Waals surface area contributed by atoms with Crippen LogP contribution in [0.25, 0.3) is 0 Å². The predicted octanol–water partition coefficient (Wildman–Crippen LogP) is 3.04. The summed E-state index contributed by atoms with van der Waals surface area (Å²) in [6.45, 7) is 1.64. The van der Waals surface area contributed by atoms with Gasteiger partial charge in [-0.2, -0.15) is 0 Å². The number of carbonyl (C=O) groups is 1. The topological polar surface area (TPSA) is 40.5 Å². The fraction of sp³-hybridized carbons (Fsp3) is 0.500. The van der Waals surface area contributed by atoms with Gasteiger partial charge in [0.15, 0.2) is 0 Å². The molecule has 1 heterocycles. The summed E-state index contributed by atoms with van der Waals surface area (Å²) < 4.78 is 27.2. The lowest BCUT2D eigenvalue weighted by Gasteiger charge is -2.49. The normalized spacial score (nSPS) is 20.6. The number of anilines is 1. The number of benzene rings is 1. The van der Waals surface area contributed by atoms with Gasteiger partial charge in [0, 0.05) is 24.2 Å². The Morgan fingerprint density at radius 3 is 2.16 bits per heavy atom. The van der Waals surface area contributed by atoms with Gasteiger partial charge in [-0.1, -0.05) is 12.8 Å².